The summed E-state index contributed by atoms with van der Waals surface area (Å²) < 4.78 is 7.05. The number of esters is 1. The maximum atomic E-state index is 11.9. The van der Waals surface area contributed by atoms with E-state index in [4.69, 9.17) is 4.74 Å². The molecule has 1 aromatic carbocycles. The smallest absolute Gasteiger partial charge is 0.340 e. The maximum Gasteiger partial charge on any atom is 0.340 e. The van der Waals surface area contributed by atoms with Crippen LogP contribution < -0.4 is 0 Å². The first kappa shape index (κ1) is 13.9. The Balaban J connectivity index is 1.72. The summed E-state index contributed by atoms with van der Waals surface area (Å²) in [7, 11) is 1.84. The summed E-state index contributed by atoms with van der Waals surface area (Å²) in [6, 6.07) is 13.1. The molecule has 22 heavy (non-hydrogen) atoms. The third kappa shape index (κ3) is 2.85. The lowest BCUT2D eigenvalue weighted by Gasteiger charge is -2.05. The molecule has 0 unspecified atom stereocenters. The largest absolute Gasteiger partial charge is 0.454 e. The van der Waals surface area contributed by atoms with Crippen LogP contribution in [-0.4, -0.2) is 25.7 Å². The van der Waals surface area contributed by atoms with Crippen molar-refractivity contribution in [3.05, 3.63) is 66.2 Å². The molecule has 0 aliphatic carbocycles. The first-order chi connectivity index (χ1) is 10.8. The molecule has 0 radical (unpaired) electrons. The van der Waals surface area contributed by atoms with Gasteiger partial charge in [-0.05, 0) is 12.1 Å². The number of aromatic nitrogens is 4. The zero-order valence-corrected chi connectivity index (χ0v) is 12.0. The number of ether oxygens (including phenoxy) is 1. The molecule has 0 bridgehead atoms. The Morgan fingerprint density at radius 3 is 2.68 bits per heavy atom. The van der Waals surface area contributed by atoms with Crippen LogP contribution in [0.3, 0.4) is 0 Å². The summed E-state index contributed by atoms with van der Waals surface area (Å²) >= 11 is 0. The van der Waals surface area contributed by atoms with E-state index in [1.165, 1.54) is 6.20 Å². The molecular weight excluding hydrogens is 280 g/mol. The maximum absolute atomic E-state index is 11.9. The molecule has 0 aliphatic heterocycles. The Bertz CT molecular complexity index is 769. The number of nitrogens with zero attached hydrogens (tertiary/aromatic N) is 4. The van der Waals surface area contributed by atoms with Gasteiger partial charge in [0.1, 0.15) is 0 Å². The quantitative estimate of drug-likeness (QED) is 0.690. The standard InChI is InChI=1S/C16H14N4O2/c1-20-14(11-22-16(21)13-8-5-9-17-10-13)18-19-15(20)12-6-3-2-4-7-12/h2-10H,11H2,1H3. The lowest BCUT2D eigenvalue weighted by atomic mass is 10.2. The predicted molar refractivity (Wildman–Crippen MR) is 79.8 cm³/mol. The number of carbonyl (C=O) groups is 1. The summed E-state index contributed by atoms with van der Waals surface area (Å²) in [5, 5.41) is 8.22. The lowest BCUT2D eigenvalue weighted by molar-refractivity contribution is 0.0458. The van der Waals surface area contributed by atoms with Gasteiger partial charge < -0.3 is 9.30 Å². The monoisotopic (exact) mass is 294 g/mol. The van der Waals surface area contributed by atoms with Crippen LogP contribution in [0, 0.1) is 0 Å². The summed E-state index contributed by atoms with van der Waals surface area (Å²) in [6.07, 6.45) is 3.07. The van der Waals surface area contributed by atoms with Gasteiger partial charge in [0.25, 0.3) is 0 Å². The van der Waals surface area contributed by atoms with Crippen LogP contribution in [0.15, 0.2) is 54.9 Å². The topological polar surface area (TPSA) is 69.9 Å². The molecule has 2 aromatic heterocycles. The van der Waals surface area contributed by atoms with Crippen LogP contribution in [0.5, 0.6) is 0 Å². The Kier molecular flexibility index (Phi) is 3.91. The van der Waals surface area contributed by atoms with Gasteiger partial charge in [-0.1, -0.05) is 30.3 Å². The van der Waals surface area contributed by atoms with Crippen molar-refractivity contribution in [2.45, 2.75) is 6.61 Å². The molecule has 0 atom stereocenters. The van der Waals surface area contributed by atoms with Gasteiger partial charge in [-0.15, -0.1) is 10.2 Å². The SMILES string of the molecule is Cn1c(COC(=O)c2cccnc2)nnc1-c1ccccc1. The van der Waals surface area contributed by atoms with Gasteiger partial charge in [-0.25, -0.2) is 4.79 Å². The highest BCUT2D eigenvalue weighted by molar-refractivity contribution is 5.88. The molecule has 0 saturated carbocycles. The van der Waals surface area contributed by atoms with Crippen LogP contribution in [0.25, 0.3) is 11.4 Å². The van der Waals surface area contributed by atoms with E-state index in [9.17, 15) is 4.79 Å². The predicted octanol–water partition coefficient (Wildman–Crippen LogP) is 2.23. The first-order valence-corrected chi connectivity index (χ1v) is 6.76. The van der Waals surface area contributed by atoms with E-state index in [1.54, 1.807) is 18.3 Å². The van der Waals surface area contributed by atoms with E-state index in [0.29, 0.717) is 11.4 Å². The van der Waals surface area contributed by atoms with Crippen LogP contribution in [0.2, 0.25) is 0 Å². The van der Waals surface area contributed by atoms with E-state index in [1.807, 2.05) is 41.9 Å². The molecule has 6 nitrogen and oxygen atoms in total. The average molecular weight is 294 g/mol. The van der Waals surface area contributed by atoms with Crippen molar-refractivity contribution in [3.8, 4) is 11.4 Å². The number of hydrogen-bond acceptors (Lipinski definition) is 5. The van der Waals surface area contributed by atoms with Crippen LogP contribution in [-0.2, 0) is 18.4 Å². The minimum absolute atomic E-state index is 0.0596. The van der Waals surface area contributed by atoms with E-state index in [0.717, 1.165) is 11.4 Å². The van der Waals surface area contributed by atoms with Crippen molar-refractivity contribution in [1.29, 1.82) is 0 Å². The zero-order valence-electron chi connectivity index (χ0n) is 12.0. The number of hydrogen-bond donors (Lipinski definition) is 0. The summed E-state index contributed by atoms with van der Waals surface area (Å²) in [5.74, 6) is 0.876. The molecule has 0 N–H and O–H groups in total. The number of rotatable bonds is 4. The summed E-state index contributed by atoms with van der Waals surface area (Å²) in [5.41, 5.74) is 1.37. The van der Waals surface area contributed by atoms with Gasteiger partial charge in [0, 0.05) is 25.0 Å². The van der Waals surface area contributed by atoms with Crippen molar-refractivity contribution in [2.75, 3.05) is 0 Å². The van der Waals surface area contributed by atoms with Gasteiger partial charge in [0.15, 0.2) is 18.3 Å². The first-order valence-electron chi connectivity index (χ1n) is 6.76. The summed E-state index contributed by atoms with van der Waals surface area (Å²) in [4.78, 5) is 15.8. The second-order valence-electron chi connectivity index (χ2n) is 4.68. The minimum atomic E-state index is -0.433. The highest BCUT2D eigenvalue weighted by Crippen LogP contribution is 2.17. The van der Waals surface area contributed by atoms with Crippen molar-refractivity contribution in [2.24, 2.45) is 7.05 Å². The summed E-state index contributed by atoms with van der Waals surface area (Å²) in [6.45, 7) is 0.0596. The number of benzene rings is 1. The fourth-order valence-electron chi connectivity index (χ4n) is 2.02. The molecular formula is C16H14N4O2. The van der Waals surface area contributed by atoms with E-state index < -0.39 is 5.97 Å². The Hall–Kier alpha value is -3.02. The zero-order chi connectivity index (χ0) is 15.4. The van der Waals surface area contributed by atoms with Gasteiger partial charge >= 0.3 is 5.97 Å². The van der Waals surface area contributed by atoms with Crippen molar-refractivity contribution in [3.63, 3.8) is 0 Å². The molecule has 0 fully saturated rings. The highest BCUT2D eigenvalue weighted by atomic mass is 16.5. The minimum Gasteiger partial charge on any atom is -0.454 e. The third-order valence-electron chi connectivity index (χ3n) is 3.23. The Labute approximate surface area is 127 Å². The Morgan fingerprint density at radius 2 is 1.95 bits per heavy atom. The fraction of sp³-hybridized carbons (Fsp3) is 0.125. The average Bonchev–Trinajstić information content (AvgIpc) is 2.95. The molecule has 2 heterocycles. The van der Waals surface area contributed by atoms with Crippen molar-refractivity contribution >= 4 is 5.97 Å². The van der Waals surface area contributed by atoms with Crippen LogP contribution in [0.4, 0.5) is 0 Å². The van der Waals surface area contributed by atoms with Gasteiger partial charge in [-0.2, -0.15) is 0 Å². The van der Waals surface area contributed by atoms with E-state index in [2.05, 4.69) is 15.2 Å². The molecule has 6 heteroatoms. The van der Waals surface area contributed by atoms with Crippen LogP contribution >= 0.6 is 0 Å². The van der Waals surface area contributed by atoms with E-state index >= 15 is 0 Å². The molecule has 3 rings (SSSR count). The second-order valence-corrected chi connectivity index (χ2v) is 4.68. The van der Waals surface area contributed by atoms with Crippen LogP contribution in [0.1, 0.15) is 16.2 Å². The fourth-order valence-corrected chi connectivity index (χ4v) is 2.02. The second kappa shape index (κ2) is 6.17. The third-order valence-corrected chi connectivity index (χ3v) is 3.23. The molecule has 3 aromatic rings. The number of carbonyl (C=O) groups excluding carboxylic acids is 1. The highest BCUT2D eigenvalue weighted by Gasteiger charge is 2.13. The van der Waals surface area contributed by atoms with Gasteiger partial charge in [0.05, 0.1) is 5.56 Å². The lowest BCUT2D eigenvalue weighted by Crippen LogP contribution is -2.09. The molecule has 0 saturated heterocycles. The van der Waals surface area contributed by atoms with Crippen molar-refractivity contribution in [1.82, 2.24) is 19.7 Å². The van der Waals surface area contributed by atoms with E-state index in [-0.39, 0.29) is 6.61 Å². The number of pyridine rings is 1. The Morgan fingerprint density at radius 1 is 1.14 bits per heavy atom. The molecule has 0 amide bonds. The molecule has 0 spiro atoms. The molecule has 110 valence electrons. The van der Waals surface area contributed by atoms with Gasteiger partial charge in [-0.3, -0.25) is 4.98 Å². The van der Waals surface area contributed by atoms with Gasteiger partial charge in [0.2, 0.25) is 0 Å². The molecule has 0 aliphatic rings. The van der Waals surface area contributed by atoms with Crippen molar-refractivity contribution < 1.29 is 9.53 Å². The normalized spacial score (nSPS) is 10.4.